The molecule has 0 radical (unpaired) electrons. The Kier molecular flexibility index (Phi) is 2.56. The third kappa shape index (κ3) is 1.67. The second-order valence-electron chi connectivity index (χ2n) is 4.16. The van der Waals surface area contributed by atoms with Crippen molar-refractivity contribution in [3.05, 3.63) is 34.6 Å². The molecule has 0 bridgehead atoms. The normalized spacial score (nSPS) is 13.6. The number of amides is 1. The summed E-state index contributed by atoms with van der Waals surface area (Å²) in [7, 11) is 0. The van der Waals surface area contributed by atoms with Crippen molar-refractivity contribution in [2.24, 2.45) is 0 Å². The van der Waals surface area contributed by atoms with Gasteiger partial charge in [-0.25, -0.2) is 0 Å². The molecule has 0 aliphatic carbocycles. The second-order valence-corrected chi connectivity index (χ2v) is 4.43. The second kappa shape index (κ2) is 4.10. The van der Waals surface area contributed by atoms with Gasteiger partial charge in [0.2, 0.25) is 0 Å². The van der Waals surface area contributed by atoms with Gasteiger partial charge in [-0.1, -0.05) is 5.16 Å². The van der Waals surface area contributed by atoms with E-state index < -0.39 is 0 Å². The van der Waals surface area contributed by atoms with Gasteiger partial charge in [-0.15, -0.1) is 11.6 Å². The summed E-state index contributed by atoms with van der Waals surface area (Å²) in [5.74, 6) is 1.07. The molecular formula is C12H10ClN3O2. The van der Waals surface area contributed by atoms with Crippen LogP contribution in [0, 0.1) is 6.92 Å². The zero-order valence-electron chi connectivity index (χ0n) is 9.66. The van der Waals surface area contributed by atoms with Gasteiger partial charge < -0.3 is 9.84 Å². The molecule has 1 aliphatic heterocycles. The highest BCUT2D eigenvalue weighted by atomic mass is 35.5. The van der Waals surface area contributed by atoms with E-state index in [1.54, 1.807) is 0 Å². The Morgan fingerprint density at radius 3 is 3.06 bits per heavy atom. The van der Waals surface area contributed by atoms with Gasteiger partial charge >= 0.3 is 0 Å². The lowest BCUT2D eigenvalue weighted by molar-refractivity contribution is 0.0965. The first-order valence-corrected chi connectivity index (χ1v) is 6.03. The van der Waals surface area contributed by atoms with E-state index in [1.165, 1.54) is 0 Å². The molecule has 1 amide bonds. The SMILES string of the molecule is Cc1cc(-c2nc(CCl)no2)cc2c1C(=O)NC2. The molecule has 92 valence electrons. The number of nitrogens with one attached hydrogen (secondary N) is 1. The minimum atomic E-state index is -0.0268. The summed E-state index contributed by atoms with van der Waals surface area (Å²) >= 11 is 5.63. The van der Waals surface area contributed by atoms with Crippen LogP contribution in [0.4, 0.5) is 0 Å². The monoisotopic (exact) mass is 263 g/mol. The molecule has 5 nitrogen and oxygen atoms in total. The summed E-state index contributed by atoms with van der Waals surface area (Å²) in [6.07, 6.45) is 0. The summed E-state index contributed by atoms with van der Waals surface area (Å²) in [6, 6.07) is 3.76. The fourth-order valence-electron chi connectivity index (χ4n) is 2.14. The number of carbonyl (C=O) groups is 1. The summed E-state index contributed by atoms with van der Waals surface area (Å²) in [6.45, 7) is 2.44. The number of rotatable bonds is 2. The molecule has 0 unspecified atom stereocenters. The molecule has 0 saturated heterocycles. The van der Waals surface area contributed by atoms with Gasteiger partial charge in [-0.2, -0.15) is 4.98 Å². The van der Waals surface area contributed by atoms with Crippen LogP contribution in [0.5, 0.6) is 0 Å². The summed E-state index contributed by atoms with van der Waals surface area (Å²) < 4.78 is 5.13. The zero-order chi connectivity index (χ0) is 12.7. The van der Waals surface area contributed by atoms with Gasteiger partial charge in [0.15, 0.2) is 5.82 Å². The van der Waals surface area contributed by atoms with Crippen molar-refractivity contribution in [1.29, 1.82) is 0 Å². The van der Waals surface area contributed by atoms with Gasteiger partial charge in [0.25, 0.3) is 11.8 Å². The zero-order valence-corrected chi connectivity index (χ0v) is 10.4. The van der Waals surface area contributed by atoms with E-state index in [1.807, 2.05) is 19.1 Å². The van der Waals surface area contributed by atoms with Crippen molar-refractivity contribution >= 4 is 17.5 Å². The summed E-state index contributed by atoms with van der Waals surface area (Å²) in [4.78, 5) is 15.8. The molecule has 0 atom stereocenters. The smallest absolute Gasteiger partial charge is 0.257 e. The van der Waals surface area contributed by atoms with Crippen molar-refractivity contribution in [3.8, 4) is 11.5 Å². The van der Waals surface area contributed by atoms with Crippen LogP contribution in [-0.2, 0) is 12.4 Å². The van der Waals surface area contributed by atoms with Crippen molar-refractivity contribution < 1.29 is 9.32 Å². The highest BCUT2D eigenvalue weighted by Crippen LogP contribution is 2.27. The van der Waals surface area contributed by atoms with Crippen LogP contribution in [0.1, 0.15) is 27.3 Å². The molecule has 1 aromatic heterocycles. The Hall–Kier alpha value is -1.88. The number of fused-ring (bicyclic) bond motifs is 1. The number of aromatic nitrogens is 2. The van der Waals surface area contributed by atoms with E-state index in [0.29, 0.717) is 18.3 Å². The number of carbonyl (C=O) groups excluding carboxylic acids is 1. The summed E-state index contributed by atoms with van der Waals surface area (Å²) in [5, 5.41) is 6.54. The minimum Gasteiger partial charge on any atom is -0.348 e. The van der Waals surface area contributed by atoms with Crippen molar-refractivity contribution in [2.75, 3.05) is 0 Å². The fourth-order valence-corrected chi connectivity index (χ4v) is 2.25. The Morgan fingerprint density at radius 2 is 2.33 bits per heavy atom. The van der Waals surface area contributed by atoms with Crippen molar-refractivity contribution in [2.45, 2.75) is 19.3 Å². The number of hydrogen-bond donors (Lipinski definition) is 1. The molecule has 2 aromatic rings. The Morgan fingerprint density at radius 1 is 1.50 bits per heavy atom. The maximum absolute atomic E-state index is 11.6. The minimum absolute atomic E-state index is 0.0268. The lowest BCUT2D eigenvalue weighted by atomic mass is 10.0. The quantitative estimate of drug-likeness (QED) is 0.842. The van der Waals surface area contributed by atoms with Crippen LogP contribution in [0.15, 0.2) is 16.7 Å². The highest BCUT2D eigenvalue weighted by Gasteiger charge is 2.23. The predicted molar refractivity (Wildman–Crippen MR) is 65.2 cm³/mol. The lowest BCUT2D eigenvalue weighted by Crippen LogP contribution is -2.13. The average Bonchev–Trinajstić information content (AvgIpc) is 2.96. The van der Waals surface area contributed by atoms with Gasteiger partial charge in [0.1, 0.15) is 0 Å². The van der Waals surface area contributed by atoms with Gasteiger partial charge in [0, 0.05) is 17.7 Å². The predicted octanol–water partition coefficient (Wildman–Crippen LogP) is 2.03. The van der Waals surface area contributed by atoms with Gasteiger partial charge in [0.05, 0.1) is 5.88 Å². The Balaban J connectivity index is 2.09. The van der Waals surface area contributed by atoms with Crippen LogP contribution in [-0.4, -0.2) is 16.0 Å². The third-order valence-corrected chi connectivity index (χ3v) is 3.16. The van der Waals surface area contributed by atoms with Crippen LogP contribution in [0.3, 0.4) is 0 Å². The van der Waals surface area contributed by atoms with E-state index in [4.69, 9.17) is 16.1 Å². The number of halogens is 1. The number of aryl methyl sites for hydroxylation is 1. The average molecular weight is 264 g/mol. The Labute approximate surface area is 108 Å². The van der Waals surface area contributed by atoms with Crippen molar-refractivity contribution in [1.82, 2.24) is 15.5 Å². The van der Waals surface area contributed by atoms with Gasteiger partial charge in [-0.3, -0.25) is 4.79 Å². The molecule has 1 N–H and O–H groups in total. The number of hydrogen-bond acceptors (Lipinski definition) is 4. The maximum Gasteiger partial charge on any atom is 0.257 e. The molecule has 1 aliphatic rings. The molecule has 18 heavy (non-hydrogen) atoms. The lowest BCUT2D eigenvalue weighted by Gasteiger charge is -2.03. The first kappa shape index (κ1) is 11.2. The molecule has 1 aromatic carbocycles. The van der Waals surface area contributed by atoms with E-state index in [2.05, 4.69) is 15.5 Å². The molecule has 6 heteroatoms. The van der Waals surface area contributed by atoms with Crippen LogP contribution < -0.4 is 5.32 Å². The number of alkyl halides is 1. The highest BCUT2D eigenvalue weighted by molar-refractivity contribution is 6.16. The maximum atomic E-state index is 11.6. The molecule has 3 rings (SSSR count). The van der Waals surface area contributed by atoms with Gasteiger partial charge in [-0.05, 0) is 30.2 Å². The first-order valence-electron chi connectivity index (χ1n) is 5.49. The van der Waals surface area contributed by atoms with E-state index in [9.17, 15) is 4.79 Å². The Bertz CT molecular complexity index is 636. The molecule has 0 spiro atoms. The number of nitrogens with zero attached hydrogens (tertiary/aromatic N) is 2. The van der Waals surface area contributed by atoms with E-state index in [-0.39, 0.29) is 11.8 Å². The molecule has 0 saturated carbocycles. The molecule has 2 heterocycles. The standard InChI is InChI=1S/C12H10ClN3O2/c1-6-2-7(12-15-9(4-13)16-18-12)3-8-5-14-11(17)10(6)8/h2-3H,4-5H2,1H3,(H,14,17). The fraction of sp³-hybridized carbons (Fsp3) is 0.250. The molecule has 0 fully saturated rings. The van der Waals surface area contributed by atoms with E-state index in [0.717, 1.165) is 22.3 Å². The summed E-state index contributed by atoms with van der Waals surface area (Å²) in [5.41, 5.74) is 3.42. The molecular weight excluding hydrogens is 254 g/mol. The van der Waals surface area contributed by atoms with Crippen LogP contribution >= 0.6 is 11.6 Å². The third-order valence-electron chi connectivity index (χ3n) is 2.92. The van der Waals surface area contributed by atoms with Crippen LogP contribution in [0.25, 0.3) is 11.5 Å². The van der Waals surface area contributed by atoms with E-state index >= 15 is 0 Å². The topological polar surface area (TPSA) is 68.0 Å². The van der Waals surface area contributed by atoms with Crippen molar-refractivity contribution in [3.63, 3.8) is 0 Å². The first-order chi connectivity index (χ1) is 8.69. The number of benzene rings is 1. The largest absolute Gasteiger partial charge is 0.348 e. The van der Waals surface area contributed by atoms with Crippen LogP contribution in [0.2, 0.25) is 0 Å².